The van der Waals surface area contributed by atoms with Crippen molar-refractivity contribution in [2.24, 2.45) is 0 Å². The van der Waals surface area contributed by atoms with Crippen molar-refractivity contribution in [1.29, 1.82) is 0 Å². The Hall–Kier alpha value is -2.93. The molecule has 2 amide bonds. The molecule has 0 fully saturated rings. The van der Waals surface area contributed by atoms with Crippen LogP contribution in [-0.2, 0) is 9.53 Å². The summed E-state index contributed by atoms with van der Waals surface area (Å²) in [5.74, 6) is -0.467. The summed E-state index contributed by atoms with van der Waals surface area (Å²) in [4.78, 5) is 27.8. The highest BCUT2D eigenvalue weighted by Crippen LogP contribution is 2.31. The molecule has 0 unspecified atom stereocenters. The van der Waals surface area contributed by atoms with Crippen molar-refractivity contribution < 1.29 is 14.3 Å². The number of ether oxygens (including phenoxy) is 1. The summed E-state index contributed by atoms with van der Waals surface area (Å²) in [6.07, 6.45) is 0. The predicted molar refractivity (Wildman–Crippen MR) is 103 cm³/mol. The summed E-state index contributed by atoms with van der Waals surface area (Å²) in [5.41, 5.74) is 3.57. The second-order valence-corrected chi connectivity index (χ2v) is 6.66. The minimum Gasteiger partial charge on any atom is -0.465 e. The van der Waals surface area contributed by atoms with Crippen LogP contribution in [0.3, 0.4) is 0 Å². The number of benzene rings is 2. The molecule has 3 rings (SSSR count). The number of fused-ring (bicyclic) bond motifs is 1. The highest BCUT2D eigenvalue weighted by atomic mass is 32.1. The number of para-hydroxylation sites is 1. The minimum absolute atomic E-state index is 0.164. The smallest absolute Gasteiger partial charge is 0.325 e. The summed E-state index contributed by atoms with van der Waals surface area (Å²) < 4.78 is 5.91. The van der Waals surface area contributed by atoms with Crippen molar-refractivity contribution in [1.82, 2.24) is 10.3 Å². The number of carbonyl (C=O) groups excluding carboxylic acids is 2. The van der Waals surface area contributed by atoms with E-state index in [1.807, 2.05) is 49.4 Å². The summed E-state index contributed by atoms with van der Waals surface area (Å²) in [6.45, 7) is 3.75. The molecule has 26 heavy (non-hydrogen) atoms. The van der Waals surface area contributed by atoms with Gasteiger partial charge in [-0.05, 0) is 49.7 Å². The van der Waals surface area contributed by atoms with Crippen molar-refractivity contribution in [3.8, 4) is 10.6 Å². The Morgan fingerprint density at radius 1 is 1.19 bits per heavy atom. The van der Waals surface area contributed by atoms with E-state index in [0.717, 1.165) is 26.4 Å². The predicted octanol–water partition coefficient (Wildman–Crippen LogP) is 3.96. The highest BCUT2D eigenvalue weighted by Gasteiger charge is 2.10. The van der Waals surface area contributed by atoms with Crippen molar-refractivity contribution in [2.75, 3.05) is 18.5 Å². The Kier molecular flexibility index (Phi) is 5.48. The second-order valence-electron chi connectivity index (χ2n) is 5.63. The normalized spacial score (nSPS) is 10.5. The average Bonchev–Trinajstić information content (AvgIpc) is 3.06. The Morgan fingerprint density at radius 3 is 2.73 bits per heavy atom. The first kappa shape index (κ1) is 17.9. The van der Waals surface area contributed by atoms with Gasteiger partial charge < -0.3 is 15.4 Å². The molecular weight excluding hydrogens is 350 g/mol. The number of aryl methyl sites for hydroxylation is 1. The van der Waals surface area contributed by atoms with Gasteiger partial charge in [0.05, 0.1) is 16.8 Å². The lowest BCUT2D eigenvalue weighted by molar-refractivity contribution is -0.141. The molecule has 2 aromatic carbocycles. The fraction of sp³-hybridized carbons (Fsp3) is 0.211. The van der Waals surface area contributed by atoms with E-state index >= 15 is 0 Å². The molecule has 0 atom stereocenters. The topological polar surface area (TPSA) is 80.3 Å². The molecule has 3 aromatic rings. The number of anilines is 1. The van der Waals surface area contributed by atoms with Gasteiger partial charge in [-0.25, -0.2) is 9.78 Å². The van der Waals surface area contributed by atoms with Gasteiger partial charge >= 0.3 is 12.0 Å². The van der Waals surface area contributed by atoms with Crippen LogP contribution in [0.5, 0.6) is 0 Å². The largest absolute Gasteiger partial charge is 0.465 e. The number of urea groups is 1. The number of thiazole rings is 1. The Morgan fingerprint density at radius 2 is 2.00 bits per heavy atom. The molecule has 0 saturated heterocycles. The van der Waals surface area contributed by atoms with Gasteiger partial charge in [-0.3, -0.25) is 4.79 Å². The van der Waals surface area contributed by atoms with Gasteiger partial charge in [0.15, 0.2) is 0 Å². The van der Waals surface area contributed by atoms with Crippen LogP contribution in [0.15, 0.2) is 42.5 Å². The maximum Gasteiger partial charge on any atom is 0.325 e. The molecule has 6 nitrogen and oxygen atoms in total. The third-order valence-electron chi connectivity index (χ3n) is 3.71. The van der Waals surface area contributed by atoms with Crippen molar-refractivity contribution in [2.45, 2.75) is 13.8 Å². The Balaban J connectivity index is 1.69. The zero-order chi connectivity index (χ0) is 18.5. The number of nitrogens with one attached hydrogen (secondary N) is 2. The maximum atomic E-state index is 11.9. The minimum atomic E-state index is -0.467. The maximum absolute atomic E-state index is 11.9. The van der Waals surface area contributed by atoms with E-state index in [1.165, 1.54) is 0 Å². The molecule has 0 aliphatic carbocycles. The molecule has 1 aromatic heterocycles. The molecule has 2 N–H and O–H groups in total. The number of amides is 2. The Labute approximate surface area is 155 Å². The lowest BCUT2D eigenvalue weighted by atomic mass is 10.1. The number of rotatable bonds is 5. The van der Waals surface area contributed by atoms with Crippen LogP contribution < -0.4 is 10.6 Å². The summed E-state index contributed by atoms with van der Waals surface area (Å²) in [5, 5.41) is 6.15. The van der Waals surface area contributed by atoms with Gasteiger partial charge in [-0.1, -0.05) is 12.1 Å². The molecule has 134 valence electrons. The number of aromatic nitrogens is 1. The number of hydrogen-bond donors (Lipinski definition) is 2. The zero-order valence-corrected chi connectivity index (χ0v) is 15.4. The van der Waals surface area contributed by atoms with E-state index in [0.29, 0.717) is 5.69 Å². The molecule has 0 aliphatic rings. The van der Waals surface area contributed by atoms with Gasteiger partial charge in [-0.2, -0.15) is 0 Å². The molecule has 1 heterocycles. The van der Waals surface area contributed by atoms with Crippen molar-refractivity contribution in [3.63, 3.8) is 0 Å². The van der Waals surface area contributed by atoms with Crippen LogP contribution in [0, 0.1) is 6.92 Å². The van der Waals surface area contributed by atoms with Crippen LogP contribution in [0.4, 0.5) is 10.5 Å². The number of esters is 1. The van der Waals surface area contributed by atoms with Gasteiger partial charge in [0.25, 0.3) is 0 Å². The fourth-order valence-corrected chi connectivity index (χ4v) is 3.43. The first-order valence-electron chi connectivity index (χ1n) is 8.24. The van der Waals surface area contributed by atoms with Crippen LogP contribution >= 0.6 is 11.3 Å². The first-order valence-corrected chi connectivity index (χ1v) is 9.05. The van der Waals surface area contributed by atoms with E-state index < -0.39 is 12.0 Å². The Bertz CT molecular complexity index is 919. The zero-order valence-electron chi connectivity index (χ0n) is 14.5. The average molecular weight is 369 g/mol. The summed E-state index contributed by atoms with van der Waals surface area (Å²) >= 11 is 1.63. The van der Waals surface area contributed by atoms with E-state index in [2.05, 4.69) is 15.6 Å². The summed E-state index contributed by atoms with van der Waals surface area (Å²) in [6, 6.07) is 13.3. The van der Waals surface area contributed by atoms with Crippen LogP contribution in [0.25, 0.3) is 20.8 Å². The quantitative estimate of drug-likeness (QED) is 0.667. The van der Waals surface area contributed by atoms with Crippen molar-refractivity contribution >= 4 is 39.2 Å². The van der Waals surface area contributed by atoms with Crippen molar-refractivity contribution in [3.05, 3.63) is 48.0 Å². The molecule has 0 saturated carbocycles. The van der Waals surface area contributed by atoms with Crippen LogP contribution in [-0.4, -0.2) is 30.1 Å². The molecule has 0 bridgehead atoms. The van der Waals surface area contributed by atoms with Gasteiger partial charge in [0.1, 0.15) is 11.6 Å². The number of carbonyl (C=O) groups is 2. The first-order chi connectivity index (χ1) is 12.6. The van der Waals surface area contributed by atoms with E-state index in [4.69, 9.17) is 4.74 Å². The van der Waals surface area contributed by atoms with Gasteiger partial charge in [0.2, 0.25) is 0 Å². The molecule has 0 radical (unpaired) electrons. The SMILES string of the molecule is CCOC(=O)CNC(=O)Nc1ccc(-c2nc3ccccc3s2)cc1C. The third-order valence-corrected chi connectivity index (χ3v) is 4.80. The standard InChI is InChI=1S/C19H19N3O3S/c1-3-25-17(23)11-20-19(24)22-14-9-8-13(10-12(14)2)18-21-15-6-4-5-7-16(15)26-18/h4-10H,3,11H2,1-2H3,(H2,20,22,24). The fourth-order valence-electron chi connectivity index (χ4n) is 2.46. The number of nitrogens with zero attached hydrogens (tertiary/aromatic N) is 1. The molecule has 0 aliphatic heterocycles. The third kappa shape index (κ3) is 4.18. The van der Waals surface area contributed by atoms with E-state index in [1.54, 1.807) is 18.3 Å². The van der Waals surface area contributed by atoms with E-state index in [-0.39, 0.29) is 13.2 Å². The van der Waals surface area contributed by atoms with Gasteiger partial charge in [0, 0.05) is 11.3 Å². The number of hydrogen-bond acceptors (Lipinski definition) is 5. The lowest BCUT2D eigenvalue weighted by Crippen LogP contribution is -2.34. The molecule has 0 spiro atoms. The summed E-state index contributed by atoms with van der Waals surface area (Å²) in [7, 11) is 0. The van der Waals surface area contributed by atoms with Crippen LogP contribution in [0.1, 0.15) is 12.5 Å². The van der Waals surface area contributed by atoms with E-state index in [9.17, 15) is 9.59 Å². The monoisotopic (exact) mass is 369 g/mol. The molecule has 7 heteroatoms. The van der Waals surface area contributed by atoms with Gasteiger partial charge in [-0.15, -0.1) is 11.3 Å². The lowest BCUT2D eigenvalue weighted by Gasteiger charge is -2.10. The van der Waals surface area contributed by atoms with Crippen LogP contribution in [0.2, 0.25) is 0 Å². The second kappa shape index (κ2) is 7.97. The highest BCUT2D eigenvalue weighted by molar-refractivity contribution is 7.21. The molecular formula is C19H19N3O3S.